The lowest BCUT2D eigenvalue weighted by atomic mass is 9.91. The molecule has 1 atom stereocenters. The average Bonchev–Trinajstić information content (AvgIpc) is 2.83. The van der Waals surface area contributed by atoms with Crippen molar-refractivity contribution in [3.05, 3.63) is 71.5 Å². The summed E-state index contributed by atoms with van der Waals surface area (Å²) in [6.07, 6.45) is 3.75. The molecule has 4 heteroatoms. The van der Waals surface area contributed by atoms with E-state index in [2.05, 4.69) is 67.4 Å². The zero-order chi connectivity index (χ0) is 20.6. The molecule has 29 heavy (non-hydrogen) atoms. The van der Waals surface area contributed by atoms with Crippen molar-refractivity contribution in [2.75, 3.05) is 0 Å². The Bertz CT molecular complexity index is 1030. The molecular weight excluding hydrogens is 358 g/mol. The van der Waals surface area contributed by atoms with Crippen LogP contribution in [0.2, 0.25) is 0 Å². The summed E-state index contributed by atoms with van der Waals surface area (Å²) in [6.45, 7) is 6.50. The fourth-order valence-corrected chi connectivity index (χ4v) is 4.16. The number of hydrogen-bond donors (Lipinski definition) is 2. The van der Waals surface area contributed by atoms with E-state index in [0.717, 1.165) is 17.5 Å². The summed E-state index contributed by atoms with van der Waals surface area (Å²) in [5, 5.41) is 11.3. The van der Waals surface area contributed by atoms with Crippen molar-refractivity contribution in [2.45, 2.75) is 45.7 Å². The van der Waals surface area contributed by atoms with Gasteiger partial charge in [-0.1, -0.05) is 56.3 Å². The van der Waals surface area contributed by atoms with Gasteiger partial charge >= 0.3 is 0 Å². The normalized spacial score (nSPS) is 20.7. The molecule has 0 saturated carbocycles. The van der Waals surface area contributed by atoms with E-state index in [1.807, 2.05) is 19.1 Å². The third kappa shape index (κ3) is 3.76. The number of nitrogens with zero attached hydrogens (tertiary/aromatic N) is 1. The van der Waals surface area contributed by atoms with Gasteiger partial charge in [-0.05, 0) is 53.7 Å². The van der Waals surface area contributed by atoms with Gasteiger partial charge in [-0.25, -0.2) is 0 Å². The summed E-state index contributed by atoms with van der Waals surface area (Å²) < 4.78 is 0. The Morgan fingerprint density at radius 2 is 1.83 bits per heavy atom. The van der Waals surface area contributed by atoms with Crippen LogP contribution in [0.4, 0.5) is 0 Å². The number of rotatable bonds is 6. The Labute approximate surface area is 172 Å². The molecule has 2 N–H and O–H groups in total. The number of allylic oxidation sites excluding steroid dienone is 1. The van der Waals surface area contributed by atoms with Crippen LogP contribution in [0.15, 0.2) is 60.3 Å². The third-order valence-electron chi connectivity index (χ3n) is 5.62. The molecule has 1 aliphatic heterocycles. The number of carbonyl (C=O) groups excluding carboxylic acids is 1. The maximum absolute atomic E-state index is 12.9. The van der Waals surface area contributed by atoms with E-state index in [0.29, 0.717) is 18.9 Å². The van der Waals surface area contributed by atoms with Crippen LogP contribution in [-0.4, -0.2) is 22.3 Å². The smallest absolute Gasteiger partial charge is 0.255 e. The minimum atomic E-state index is -0.684. The SMILES string of the molecule is CC(C)CC1(C)NC(=N)N(Cc2ccc(-c3cccc(C4=C=CC4)c3)cc2)C1=O. The summed E-state index contributed by atoms with van der Waals surface area (Å²) in [6, 6.07) is 16.8. The molecule has 2 aromatic carbocycles. The molecule has 0 aromatic heterocycles. The van der Waals surface area contributed by atoms with Crippen molar-refractivity contribution in [3.63, 3.8) is 0 Å². The maximum Gasteiger partial charge on any atom is 0.255 e. The molecule has 1 saturated heterocycles. The first-order valence-electron chi connectivity index (χ1n) is 10.2. The molecule has 4 rings (SSSR count). The van der Waals surface area contributed by atoms with Crippen molar-refractivity contribution in [1.29, 1.82) is 5.41 Å². The van der Waals surface area contributed by atoms with Crippen LogP contribution < -0.4 is 5.32 Å². The summed E-state index contributed by atoms with van der Waals surface area (Å²) in [4.78, 5) is 14.5. The lowest BCUT2D eigenvalue weighted by Gasteiger charge is -2.24. The maximum atomic E-state index is 12.9. The second-order valence-corrected chi connectivity index (χ2v) is 8.60. The Morgan fingerprint density at radius 1 is 1.14 bits per heavy atom. The zero-order valence-corrected chi connectivity index (χ0v) is 17.3. The molecule has 0 bridgehead atoms. The molecule has 2 aromatic rings. The van der Waals surface area contributed by atoms with Crippen LogP contribution in [0.1, 0.15) is 44.7 Å². The van der Waals surface area contributed by atoms with Gasteiger partial charge in [0.25, 0.3) is 5.91 Å². The lowest BCUT2D eigenvalue weighted by Crippen LogP contribution is -2.44. The first kappa shape index (κ1) is 19.2. The Balaban J connectivity index is 1.50. The molecular formula is C25H27N3O. The number of guanidine groups is 1. The summed E-state index contributed by atoms with van der Waals surface area (Å²) >= 11 is 0. The topological polar surface area (TPSA) is 56.2 Å². The van der Waals surface area contributed by atoms with Gasteiger partial charge in [0.05, 0.1) is 6.54 Å². The molecule has 1 heterocycles. The van der Waals surface area contributed by atoms with E-state index in [9.17, 15) is 4.79 Å². The summed E-state index contributed by atoms with van der Waals surface area (Å²) in [5.41, 5.74) is 8.37. The molecule has 1 aliphatic carbocycles. The first-order chi connectivity index (χ1) is 13.9. The molecule has 2 aliphatic rings. The van der Waals surface area contributed by atoms with E-state index in [-0.39, 0.29) is 11.9 Å². The van der Waals surface area contributed by atoms with E-state index in [1.165, 1.54) is 16.7 Å². The highest BCUT2D eigenvalue weighted by Gasteiger charge is 2.45. The number of hydrogen-bond acceptors (Lipinski definition) is 2. The number of nitrogens with one attached hydrogen (secondary N) is 2. The van der Waals surface area contributed by atoms with E-state index in [4.69, 9.17) is 5.41 Å². The predicted molar refractivity (Wildman–Crippen MR) is 117 cm³/mol. The zero-order valence-electron chi connectivity index (χ0n) is 17.3. The highest BCUT2D eigenvalue weighted by Crippen LogP contribution is 2.29. The van der Waals surface area contributed by atoms with Crippen molar-refractivity contribution >= 4 is 17.4 Å². The van der Waals surface area contributed by atoms with E-state index < -0.39 is 5.54 Å². The quantitative estimate of drug-likeness (QED) is 0.690. The monoisotopic (exact) mass is 385 g/mol. The Kier molecular flexibility index (Phi) is 4.89. The van der Waals surface area contributed by atoms with Gasteiger partial charge in [-0.2, -0.15) is 0 Å². The summed E-state index contributed by atoms with van der Waals surface area (Å²) in [7, 11) is 0. The van der Waals surface area contributed by atoms with Crippen LogP contribution in [0, 0.1) is 11.3 Å². The molecule has 4 nitrogen and oxygen atoms in total. The lowest BCUT2D eigenvalue weighted by molar-refractivity contribution is -0.131. The highest BCUT2D eigenvalue weighted by atomic mass is 16.2. The van der Waals surface area contributed by atoms with Crippen LogP contribution in [0.25, 0.3) is 16.7 Å². The first-order valence-corrected chi connectivity index (χ1v) is 10.2. The third-order valence-corrected chi connectivity index (χ3v) is 5.62. The fraction of sp³-hybridized carbons (Fsp3) is 0.320. The van der Waals surface area contributed by atoms with Crippen molar-refractivity contribution in [1.82, 2.24) is 10.2 Å². The standard InChI is InChI=1S/C25H27N3O/c1-17(2)15-25(3)23(29)28(24(26)27-25)16-18-10-12-20(13-11-18)22-9-5-8-21(14-22)19-6-4-7-19/h4-5,8-14,17H,6,15-16H2,1-3H3,(H2,26,27). The largest absolute Gasteiger partial charge is 0.342 e. The van der Waals surface area contributed by atoms with Crippen LogP contribution in [0.3, 0.4) is 0 Å². The number of benzene rings is 2. The Hall–Kier alpha value is -3.10. The van der Waals surface area contributed by atoms with Gasteiger partial charge in [0.15, 0.2) is 5.96 Å². The van der Waals surface area contributed by atoms with Gasteiger partial charge in [0.2, 0.25) is 0 Å². The van der Waals surface area contributed by atoms with Gasteiger partial charge < -0.3 is 5.32 Å². The number of carbonyl (C=O) groups is 1. The predicted octanol–water partition coefficient (Wildman–Crippen LogP) is 4.97. The second kappa shape index (κ2) is 7.38. The minimum Gasteiger partial charge on any atom is -0.342 e. The molecule has 1 amide bonds. The molecule has 0 radical (unpaired) electrons. The van der Waals surface area contributed by atoms with Crippen LogP contribution in [-0.2, 0) is 11.3 Å². The second-order valence-electron chi connectivity index (χ2n) is 8.60. The van der Waals surface area contributed by atoms with Gasteiger partial charge in [-0.15, -0.1) is 5.73 Å². The molecule has 148 valence electrons. The van der Waals surface area contributed by atoms with Crippen LogP contribution >= 0.6 is 0 Å². The van der Waals surface area contributed by atoms with Crippen molar-refractivity contribution < 1.29 is 4.79 Å². The van der Waals surface area contributed by atoms with Crippen molar-refractivity contribution in [3.8, 4) is 11.1 Å². The minimum absolute atomic E-state index is 0.0187. The number of amides is 1. The molecule has 1 fully saturated rings. The van der Waals surface area contributed by atoms with Crippen molar-refractivity contribution in [2.24, 2.45) is 5.92 Å². The van der Waals surface area contributed by atoms with Gasteiger partial charge in [0, 0.05) is 12.0 Å². The van der Waals surface area contributed by atoms with E-state index >= 15 is 0 Å². The average molecular weight is 386 g/mol. The molecule has 0 spiro atoms. The van der Waals surface area contributed by atoms with Gasteiger partial charge in [0.1, 0.15) is 5.54 Å². The highest BCUT2D eigenvalue weighted by molar-refractivity contribution is 6.07. The van der Waals surface area contributed by atoms with Gasteiger partial charge in [-0.3, -0.25) is 15.1 Å². The molecule has 1 unspecified atom stereocenters. The van der Waals surface area contributed by atoms with Crippen LogP contribution in [0.5, 0.6) is 0 Å². The fourth-order valence-electron chi connectivity index (χ4n) is 4.16. The van der Waals surface area contributed by atoms with E-state index in [1.54, 1.807) is 4.90 Å². The summed E-state index contributed by atoms with van der Waals surface area (Å²) in [5.74, 6) is 0.553. The Morgan fingerprint density at radius 3 is 2.45 bits per heavy atom.